The van der Waals surface area contributed by atoms with E-state index in [1.54, 1.807) is 12.1 Å². The van der Waals surface area contributed by atoms with Crippen LogP contribution >= 0.6 is 22.6 Å². The van der Waals surface area contributed by atoms with Gasteiger partial charge in [-0.1, -0.05) is 13.0 Å². The minimum atomic E-state index is -0.386. The van der Waals surface area contributed by atoms with E-state index in [4.69, 9.17) is 5.73 Å². The van der Waals surface area contributed by atoms with Gasteiger partial charge in [0.05, 0.1) is 4.92 Å². The van der Waals surface area contributed by atoms with E-state index in [0.29, 0.717) is 0 Å². The zero-order valence-corrected chi connectivity index (χ0v) is 10.8. The van der Waals surface area contributed by atoms with Crippen LogP contribution in [0.2, 0.25) is 0 Å². The summed E-state index contributed by atoms with van der Waals surface area (Å²) in [6, 6.07) is 4.93. The summed E-state index contributed by atoms with van der Waals surface area (Å²) in [5.41, 5.74) is 6.99. The quantitative estimate of drug-likeness (QED) is 0.529. The van der Waals surface area contributed by atoms with Crippen LogP contribution in [-0.2, 0) is 0 Å². The molecule has 0 fully saturated rings. The molecule has 0 saturated carbocycles. The molecule has 1 rings (SSSR count). The summed E-state index contributed by atoms with van der Waals surface area (Å²) < 4.78 is 0.895. The van der Waals surface area contributed by atoms with Crippen molar-refractivity contribution in [1.29, 1.82) is 0 Å². The molecule has 1 aromatic rings. The topological polar surface area (TPSA) is 69.2 Å². The number of halogens is 1. The maximum Gasteiger partial charge on any atom is 0.270 e. The average Bonchev–Trinajstić information content (AvgIpc) is 2.16. The lowest BCUT2D eigenvalue weighted by Gasteiger charge is -2.17. The van der Waals surface area contributed by atoms with Crippen molar-refractivity contribution in [1.82, 2.24) is 0 Å². The van der Waals surface area contributed by atoms with Gasteiger partial charge in [-0.05, 0) is 41.0 Å². The molecular weight excluding hydrogens is 307 g/mol. The molecule has 0 heterocycles. The maximum absolute atomic E-state index is 10.5. The number of nitrogens with zero attached hydrogens (tertiary/aromatic N) is 1. The van der Waals surface area contributed by atoms with Gasteiger partial charge < -0.3 is 5.73 Å². The van der Waals surface area contributed by atoms with E-state index in [1.165, 1.54) is 6.07 Å². The number of nitrogens with two attached hydrogens (primary N) is 1. The number of rotatable bonds is 3. The molecule has 82 valence electrons. The van der Waals surface area contributed by atoms with E-state index in [1.807, 2.05) is 13.8 Å². The minimum absolute atomic E-state index is 0.0416. The van der Waals surface area contributed by atoms with Crippen LogP contribution in [0.15, 0.2) is 18.2 Å². The van der Waals surface area contributed by atoms with E-state index >= 15 is 0 Å². The third-order valence-corrected chi connectivity index (χ3v) is 3.41. The van der Waals surface area contributed by atoms with Gasteiger partial charge in [-0.25, -0.2) is 0 Å². The van der Waals surface area contributed by atoms with Crippen LogP contribution in [-0.4, -0.2) is 11.0 Å². The van der Waals surface area contributed by atoms with Gasteiger partial charge in [0.2, 0.25) is 0 Å². The first kappa shape index (κ1) is 12.4. The van der Waals surface area contributed by atoms with Crippen LogP contribution in [0.4, 0.5) is 5.69 Å². The predicted molar refractivity (Wildman–Crippen MR) is 67.9 cm³/mol. The fourth-order valence-electron chi connectivity index (χ4n) is 1.28. The van der Waals surface area contributed by atoms with Crippen molar-refractivity contribution < 1.29 is 4.92 Å². The monoisotopic (exact) mass is 320 g/mol. The highest BCUT2D eigenvalue weighted by Gasteiger charge is 2.16. The van der Waals surface area contributed by atoms with Crippen molar-refractivity contribution in [3.63, 3.8) is 0 Å². The van der Waals surface area contributed by atoms with Crippen molar-refractivity contribution in [2.24, 2.45) is 5.73 Å². The normalized spacial score (nSPS) is 14.7. The molecule has 0 spiro atoms. The first-order chi connectivity index (χ1) is 6.93. The largest absolute Gasteiger partial charge is 0.327 e. The number of non-ortho nitro benzene ring substituents is 1. The molecule has 2 N–H and O–H groups in total. The Morgan fingerprint density at radius 1 is 1.47 bits per heavy atom. The number of benzene rings is 1. The van der Waals surface area contributed by atoms with Crippen molar-refractivity contribution in [3.8, 4) is 0 Å². The van der Waals surface area contributed by atoms with Gasteiger partial charge in [0.25, 0.3) is 5.69 Å². The summed E-state index contributed by atoms with van der Waals surface area (Å²) in [7, 11) is 0. The Bertz CT molecular complexity index is 380. The van der Waals surface area contributed by atoms with Crippen LogP contribution < -0.4 is 5.73 Å². The molecule has 0 aliphatic carbocycles. The summed E-state index contributed by atoms with van der Waals surface area (Å²) in [5, 5.41) is 10.5. The molecule has 15 heavy (non-hydrogen) atoms. The van der Waals surface area contributed by atoms with Gasteiger partial charge in [0, 0.05) is 21.7 Å². The number of hydrogen-bond donors (Lipinski definition) is 1. The Labute approximate surface area is 102 Å². The molecular formula is C10H13IN2O2. The van der Waals surface area contributed by atoms with Crippen molar-refractivity contribution >= 4 is 28.3 Å². The molecule has 0 aromatic heterocycles. The van der Waals surface area contributed by atoms with Crippen LogP contribution in [0, 0.1) is 13.7 Å². The van der Waals surface area contributed by atoms with E-state index in [9.17, 15) is 10.1 Å². The van der Waals surface area contributed by atoms with Crippen LogP contribution in [0.25, 0.3) is 0 Å². The van der Waals surface area contributed by atoms with E-state index < -0.39 is 0 Å². The standard InChI is InChI=1S/C10H13IN2O2/c1-6(7(2)12)9-4-3-8(13(14)15)5-10(9)11/h3-7H,12H2,1-2H3. The molecule has 2 atom stereocenters. The SMILES string of the molecule is CC(N)C(C)c1ccc([N+](=O)[O-])cc1I. The summed E-state index contributed by atoms with van der Waals surface area (Å²) in [4.78, 5) is 10.2. The van der Waals surface area contributed by atoms with Gasteiger partial charge >= 0.3 is 0 Å². The van der Waals surface area contributed by atoms with Crippen LogP contribution in [0.5, 0.6) is 0 Å². The highest BCUT2D eigenvalue weighted by atomic mass is 127. The van der Waals surface area contributed by atoms with Crippen molar-refractivity contribution in [2.75, 3.05) is 0 Å². The van der Waals surface area contributed by atoms with Gasteiger partial charge in [-0.2, -0.15) is 0 Å². The van der Waals surface area contributed by atoms with E-state index in [0.717, 1.165) is 9.13 Å². The second kappa shape index (κ2) is 4.89. The molecule has 4 nitrogen and oxygen atoms in total. The molecule has 5 heteroatoms. The van der Waals surface area contributed by atoms with E-state index in [2.05, 4.69) is 22.6 Å². The Morgan fingerprint density at radius 3 is 2.47 bits per heavy atom. The Hall–Kier alpha value is -0.690. The molecule has 2 unspecified atom stereocenters. The first-order valence-corrected chi connectivity index (χ1v) is 5.70. The average molecular weight is 320 g/mol. The lowest BCUT2D eigenvalue weighted by atomic mass is 9.95. The lowest BCUT2D eigenvalue weighted by molar-refractivity contribution is -0.385. The third-order valence-electron chi connectivity index (χ3n) is 2.47. The van der Waals surface area contributed by atoms with Crippen molar-refractivity contribution in [3.05, 3.63) is 37.4 Å². The number of nitro groups is 1. The molecule has 0 amide bonds. The molecule has 0 aliphatic heterocycles. The highest BCUT2D eigenvalue weighted by molar-refractivity contribution is 14.1. The second-order valence-electron chi connectivity index (χ2n) is 3.61. The Balaban J connectivity index is 3.08. The van der Waals surface area contributed by atoms with Gasteiger partial charge in [-0.15, -0.1) is 0 Å². The second-order valence-corrected chi connectivity index (χ2v) is 4.77. The first-order valence-electron chi connectivity index (χ1n) is 4.63. The van der Waals surface area contributed by atoms with Crippen LogP contribution in [0.3, 0.4) is 0 Å². The summed E-state index contributed by atoms with van der Waals surface area (Å²) in [6.07, 6.45) is 0. The fraction of sp³-hybridized carbons (Fsp3) is 0.400. The lowest BCUT2D eigenvalue weighted by Crippen LogP contribution is -2.23. The van der Waals surface area contributed by atoms with Gasteiger partial charge in [0.15, 0.2) is 0 Å². The molecule has 0 aliphatic rings. The van der Waals surface area contributed by atoms with Gasteiger partial charge in [0.1, 0.15) is 0 Å². The van der Waals surface area contributed by atoms with Gasteiger partial charge in [-0.3, -0.25) is 10.1 Å². The predicted octanol–water partition coefficient (Wildman–Crippen LogP) is 2.65. The fourth-order valence-corrected chi connectivity index (χ4v) is 2.27. The zero-order chi connectivity index (χ0) is 11.6. The number of hydrogen-bond acceptors (Lipinski definition) is 3. The smallest absolute Gasteiger partial charge is 0.270 e. The minimum Gasteiger partial charge on any atom is -0.327 e. The molecule has 0 saturated heterocycles. The molecule has 1 aromatic carbocycles. The van der Waals surface area contributed by atoms with Crippen molar-refractivity contribution in [2.45, 2.75) is 25.8 Å². The Kier molecular flexibility index (Phi) is 4.04. The summed E-state index contributed by atoms with van der Waals surface area (Å²) in [6.45, 7) is 3.95. The summed E-state index contributed by atoms with van der Waals surface area (Å²) >= 11 is 2.11. The summed E-state index contributed by atoms with van der Waals surface area (Å²) in [5.74, 6) is 0.206. The van der Waals surface area contributed by atoms with Crippen LogP contribution in [0.1, 0.15) is 25.3 Å². The highest BCUT2D eigenvalue weighted by Crippen LogP contribution is 2.27. The van der Waals surface area contributed by atoms with E-state index in [-0.39, 0.29) is 22.6 Å². The molecule has 0 radical (unpaired) electrons. The molecule has 0 bridgehead atoms. The number of nitro benzene ring substituents is 1. The Morgan fingerprint density at radius 2 is 2.07 bits per heavy atom. The third kappa shape index (κ3) is 2.88. The zero-order valence-electron chi connectivity index (χ0n) is 8.61. The maximum atomic E-state index is 10.5.